The molecule has 2 aromatic heterocycles. The molecular formula is C12H10N4O. The van der Waals surface area contributed by atoms with E-state index in [0.717, 1.165) is 16.5 Å². The summed E-state index contributed by atoms with van der Waals surface area (Å²) in [6, 6.07) is 9.26. The zero-order chi connectivity index (χ0) is 11.8. The van der Waals surface area contributed by atoms with Crippen molar-refractivity contribution < 1.29 is 0 Å². The molecule has 3 aromatic rings. The number of para-hydroxylation sites is 1. The van der Waals surface area contributed by atoms with Gasteiger partial charge in [0.05, 0.1) is 5.69 Å². The molecule has 0 aliphatic carbocycles. The van der Waals surface area contributed by atoms with Crippen LogP contribution in [0.1, 0.15) is 0 Å². The molecule has 0 spiro atoms. The largest absolute Gasteiger partial charge is 0.369 e. The van der Waals surface area contributed by atoms with Crippen LogP contribution in [0.4, 0.5) is 5.95 Å². The molecule has 2 heterocycles. The predicted octanol–water partition coefficient (Wildman–Crippen LogP) is 1.50. The number of hydrogen-bond acceptors (Lipinski definition) is 3. The number of nitrogen functional groups attached to an aromatic ring is 1. The van der Waals surface area contributed by atoms with Crippen LogP contribution in [-0.4, -0.2) is 15.0 Å². The van der Waals surface area contributed by atoms with Gasteiger partial charge in [-0.05, 0) is 6.07 Å². The van der Waals surface area contributed by atoms with Gasteiger partial charge in [-0.2, -0.15) is 0 Å². The maximum atomic E-state index is 11.4. The predicted molar refractivity (Wildman–Crippen MR) is 66.6 cm³/mol. The summed E-state index contributed by atoms with van der Waals surface area (Å²) in [5.41, 5.74) is 7.73. The van der Waals surface area contributed by atoms with E-state index in [9.17, 15) is 4.79 Å². The average Bonchev–Trinajstić information content (AvgIpc) is 2.71. The minimum absolute atomic E-state index is 0.123. The Balaban J connectivity index is 2.30. The Morgan fingerprint density at radius 2 is 2.06 bits per heavy atom. The number of hydrogen-bond donors (Lipinski definition) is 3. The van der Waals surface area contributed by atoms with Crippen LogP contribution < -0.4 is 11.3 Å². The van der Waals surface area contributed by atoms with Gasteiger partial charge in [-0.15, -0.1) is 0 Å². The Hall–Kier alpha value is -2.56. The van der Waals surface area contributed by atoms with Crippen LogP contribution in [0.25, 0.3) is 22.2 Å². The highest BCUT2D eigenvalue weighted by Crippen LogP contribution is 2.26. The number of nitrogens with two attached hydrogens (primary N) is 1. The van der Waals surface area contributed by atoms with E-state index >= 15 is 0 Å². The first kappa shape index (κ1) is 9.65. The molecular weight excluding hydrogens is 216 g/mol. The van der Waals surface area contributed by atoms with E-state index in [1.807, 2.05) is 30.5 Å². The quantitative estimate of drug-likeness (QED) is 0.587. The molecule has 84 valence electrons. The number of fused-ring (bicyclic) bond motifs is 1. The minimum atomic E-state index is -0.252. The third-order valence-corrected chi connectivity index (χ3v) is 2.63. The number of benzene rings is 1. The van der Waals surface area contributed by atoms with Crippen molar-refractivity contribution >= 4 is 16.9 Å². The molecule has 0 saturated heterocycles. The average molecular weight is 226 g/mol. The summed E-state index contributed by atoms with van der Waals surface area (Å²) in [5, 5.41) is 1.02. The second-order valence-electron chi connectivity index (χ2n) is 3.76. The van der Waals surface area contributed by atoms with Crippen molar-refractivity contribution in [1.82, 2.24) is 15.0 Å². The van der Waals surface area contributed by atoms with Crippen LogP contribution in [0, 0.1) is 0 Å². The summed E-state index contributed by atoms with van der Waals surface area (Å²) in [6.07, 6.45) is 1.83. The smallest absolute Gasteiger partial charge is 0.252 e. The third kappa shape index (κ3) is 1.57. The summed E-state index contributed by atoms with van der Waals surface area (Å²) in [7, 11) is 0. The van der Waals surface area contributed by atoms with Crippen LogP contribution in [0.15, 0.2) is 41.3 Å². The first-order valence-electron chi connectivity index (χ1n) is 5.17. The molecule has 0 aliphatic heterocycles. The van der Waals surface area contributed by atoms with Gasteiger partial charge in [0, 0.05) is 28.7 Å². The van der Waals surface area contributed by atoms with E-state index in [1.54, 1.807) is 0 Å². The van der Waals surface area contributed by atoms with Crippen molar-refractivity contribution in [2.45, 2.75) is 0 Å². The number of nitrogens with zero attached hydrogens (tertiary/aromatic N) is 1. The lowest BCUT2D eigenvalue weighted by atomic mass is 10.1. The number of anilines is 1. The van der Waals surface area contributed by atoms with E-state index in [2.05, 4.69) is 15.0 Å². The molecule has 5 heteroatoms. The number of aromatic nitrogens is 3. The molecule has 0 saturated carbocycles. The lowest BCUT2D eigenvalue weighted by Gasteiger charge is -1.99. The number of H-pyrrole nitrogens is 2. The van der Waals surface area contributed by atoms with E-state index in [0.29, 0.717) is 5.69 Å². The number of rotatable bonds is 1. The highest BCUT2D eigenvalue weighted by atomic mass is 16.1. The molecule has 5 nitrogen and oxygen atoms in total. The van der Waals surface area contributed by atoms with Crippen molar-refractivity contribution in [2.75, 3.05) is 5.73 Å². The summed E-state index contributed by atoms with van der Waals surface area (Å²) in [4.78, 5) is 21.0. The Bertz CT molecular complexity index is 741. The van der Waals surface area contributed by atoms with E-state index in [-0.39, 0.29) is 11.5 Å². The molecule has 0 aliphatic rings. The Morgan fingerprint density at radius 1 is 1.24 bits per heavy atom. The standard InChI is InChI=1S/C12H10N4O/c13-12-15-10(5-11(17)16-12)8-6-14-9-4-2-1-3-7(8)9/h1-6,14H,(H3,13,15,16,17). The van der Waals surface area contributed by atoms with Crippen LogP contribution >= 0.6 is 0 Å². The molecule has 0 fully saturated rings. The maximum absolute atomic E-state index is 11.4. The lowest BCUT2D eigenvalue weighted by molar-refractivity contribution is 1.14. The van der Waals surface area contributed by atoms with Gasteiger partial charge in [-0.1, -0.05) is 18.2 Å². The highest BCUT2D eigenvalue weighted by Gasteiger charge is 2.08. The second kappa shape index (κ2) is 3.48. The zero-order valence-electron chi connectivity index (χ0n) is 8.90. The Kier molecular flexibility index (Phi) is 1.98. The van der Waals surface area contributed by atoms with Gasteiger partial charge < -0.3 is 10.7 Å². The van der Waals surface area contributed by atoms with Gasteiger partial charge in [0.25, 0.3) is 5.56 Å². The van der Waals surface area contributed by atoms with Crippen LogP contribution in [-0.2, 0) is 0 Å². The van der Waals surface area contributed by atoms with Gasteiger partial charge in [-0.3, -0.25) is 9.78 Å². The molecule has 0 bridgehead atoms. The number of nitrogens with one attached hydrogen (secondary N) is 2. The topological polar surface area (TPSA) is 87.6 Å². The highest BCUT2D eigenvalue weighted by molar-refractivity contribution is 5.94. The van der Waals surface area contributed by atoms with Gasteiger partial charge >= 0.3 is 0 Å². The van der Waals surface area contributed by atoms with Gasteiger partial charge in [0.1, 0.15) is 0 Å². The van der Waals surface area contributed by atoms with E-state index in [4.69, 9.17) is 5.73 Å². The van der Waals surface area contributed by atoms with Crippen molar-refractivity contribution in [3.63, 3.8) is 0 Å². The first-order valence-corrected chi connectivity index (χ1v) is 5.17. The molecule has 4 N–H and O–H groups in total. The van der Waals surface area contributed by atoms with Crippen molar-refractivity contribution in [3.8, 4) is 11.3 Å². The van der Waals surface area contributed by atoms with Crippen molar-refractivity contribution in [3.05, 3.63) is 46.9 Å². The Labute approximate surface area is 96.3 Å². The molecule has 0 atom stereocenters. The molecule has 0 amide bonds. The van der Waals surface area contributed by atoms with Crippen LogP contribution in [0.5, 0.6) is 0 Å². The van der Waals surface area contributed by atoms with Gasteiger partial charge in [0.15, 0.2) is 0 Å². The molecule has 3 rings (SSSR count). The zero-order valence-corrected chi connectivity index (χ0v) is 8.90. The van der Waals surface area contributed by atoms with Gasteiger partial charge in [0.2, 0.25) is 5.95 Å². The number of aromatic amines is 2. The molecule has 0 unspecified atom stereocenters. The molecule has 1 aromatic carbocycles. The third-order valence-electron chi connectivity index (χ3n) is 2.63. The first-order chi connectivity index (χ1) is 8.24. The summed E-state index contributed by atoms with van der Waals surface area (Å²) >= 11 is 0. The van der Waals surface area contributed by atoms with Crippen LogP contribution in [0.3, 0.4) is 0 Å². The van der Waals surface area contributed by atoms with E-state index < -0.39 is 0 Å². The summed E-state index contributed by atoms with van der Waals surface area (Å²) < 4.78 is 0. The fourth-order valence-corrected chi connectivity index (χ4v) is 1.90. The fraction of sp³-hybridized carbons (Fsp3) is 0. The minimum Gasteiger partial charge on any atom is -0.369 e. The van der Waals surface area contributed by atoms with Crippen molar-refractivity contribution in [1.29, 1.82) is 0 Å². The van der Waals surface area contributed by atoms with E-state index in [1.165, 1.54) is 6.07 Å². The monoisotopic (exact) mass is 226 g/mol. The fourth-order valence-electron chi connectivity index (χ4n) is 1.90. The SMILES string of the molecule is Nc1nc(-c2c[nH]c3ccccc23)cc(=O)[nH]1. The second-order valence-corrected chi connectivity index (χ2v) is 3.76. The normalized spacial score (nSPS) is 10.8. The summed E-state index contributed by atoms with van der Waals surface area (Å²) in [5.74, 6) is 0.123. The Morgan fingerprint density at radius 3 is 2.88 bits per heavy atom. The molecule has 17 heavy (non-hydrogen) atoms. The van der Waals surface area contributed by atoms with Gasteiger partial charge in [-0.25, -0.2) is 4.98 Å². The molecule has 0 radical (unpaired) electrons. The van der Waals surface area contributed by atoms with Crippen molar-refractivity contribution in [2.24, 2.45) is 0 Å². The lowest BCUT2D eigenvalue weighted by Crippen LogP contribution is -2.10. The maximum Gasteiger partial charge on any atom is 0.252 e. The summed E-state index contributed by atoms with van der Waals surface area (Å²) in [6.45, 7) is 0. The van der Waals surface area contributed by atoms with Crippen LogP contribution in [0.2, 0.25) is 0 Å².